The van der Waals surface area contributed by atoms with E-state index in [0.29, 0.717) is 5.75 Å². The fourth-order valence-electron chi connectivity index (χ4n) is 1.80. The van der Waals surface area contributed by atoms with Crippen LogP contribution in [0.25, 0.3) is 12.2 Å². The lowest BCUT2D eigenvalue weighted by Crippen LogP contribution is -2.27. The van der Waals surface area contributed by atoms with E-state index in [1.165, 1.54) is 13.2 Å². The van der Waals surface area contributed by atoms with Gasteiger partial charge in [-0.15, -0.1) is 0 Å². The summed E-state index contributed by atoms with van der Waals surface area (Å²) in [6.07, 6.45) is 1.91. The Morgan fingerprint density at radius 3 is 2.62 bits per heavy atom. The van der Waals surface area contributed by atoms with Crippen molar-refractivity contribution in [3.63, 3.8) is 0 Å². The van der Waals surface area contributed by atoms with Crippen LogP contribution >= 0.6 is 0 Å². The van der Waals surface area contributed by atoms with E-state index < -0.39 is 24.5 Å². The summed E-state index contributed by atoms with van der Waals surface area (Å²) in [5.74, 6) is 0.109. The van der Waals surface area contributed by atoms with Crippen molar-refractivity contribution < 1.29 is 18.3 Å². The molecule has 0 aliphatic rings. The second-order valence-electron chi connectivity index (χ2n) is 4.69. The standard InChI is InChI=1S/C16H15F2N3O3/c1-19-15(22)12-8-20-14(21-16(12)23)7-4-10-2-5-11(6-3-10)24-9-13(17)18/h2-8,13H,9H2,1H3,(H,19,22)(H,20,21,23). The number of carbonyl (C=O) groups is 1. The first-order valence-corrected chi connectivity index (χ1v) is 7.00. The van der Waals surface area contributed by atoms with Crippen molar-refractivity contribution in [3.05, 3.63) is 57.8 Å². The van der Waals surface area contributed by atoms with Gasteiger partial charge in [0.05, 0.1) is 0 Å². The number of carbonyl (C=O) groups excluding carboxylic acids is 1. The first-order chi connectivity index (χ1) is 11.5. The minimum absolute atomic E-state index is 0.0739. The van der Waals surface area contributed by atoms with E-state index in [2.05, 4.69) is 15.3 Å². The monoisotopic (exact) mass is 335 g/mol. The van der Waals surface area contributed by atoms with E-state index in [4.69, 9.17) is 4.74 Å². The van der Waals surface area contributed by atoms with Crippen LogP contribution in [0.3, 0.4) is 0 Å². The topological polar surface area (TPSA) is 84.1 Å². The van der Waals surface area contributed by atoms with Crippen LogP contribution in [-0.2, 0) is 0 Å². The van der Waals surface area contributed by atoms with Crippen molar-refractivity contribution >= 4 is 18.1 Å². The highest BCUT2D eigenvalue weighted by molar-refractivity contribution is 5.93. The second-order valence-corrected chi connectivity index (χ2v) is 4.69. The number of amides is 1. The molecule has 0 radical (unpaired) electrons. The number of aromatic nitrogens is 2. The number of aromatic amines is 1. The van der Waals surface area contributed by atoms with Crippen LogP contribution < -0.4 is 15.6 Å². The predicted octanol–water partition coefficient (Wildman–Crippen LogP) is 1.94. The van der Waals surface area contributed by atoms with Crippen LogP contribution in [0.15, 0.2) is 35.3 Å². The number of rotatable bonds is 6. The van der Waals surface area contributed by atoms with Gasteiger partial charge in [-0.2, -0.15) is 0 Å². The zero-order valence-electron chi connectivity index (χ0n) is 12.8. The summed E-state index contributed by atoms with van der Waals surface area (Å²) in [6, 6.07) is 6.47. The van der Waals surface area contributed by atoms with Gasteiger partial charge in [0.15, 0.2) is 0 Å². The van der Waals surface area contributed by atoms with Gasteiger partial charge in [0.25, 0.3) is 17.9 Å². The van der Waals surface area contributed by atoms with E-state index in [1.807, 2.05) is 0 Å². The zero-order valence-corrected chi connectivity index (χ0v) is 12.8. The Hall–Kier alpha value is -3.03. The van der Waals surface area contributed by atoms with Crippen molar-refractivity contribution in [1.82, 2.24) is 15.3 Å². The van der Waals surface area contributed by atoms with Crippen molar-refractivity contribution in [2.45, 2.75) is 6.43 Å². The molecule has 1 amide bonds. The number of benzene rings is 1. The summed E-state index contributed by atoms with van der Waals surface area (Å²) in [5.41, 5.74) is 0.146. The van der Waals surface area contributed by atoms with Gasteiger partial charge in [-0.1, -0.05) is 18.2 Å². The molecule has 2 aromatic rings. The molecule has 0 aliphatic heterocycles. The minimum Gasteiger partial charge on any atom is -0.488 e. The smallest absolute Gasteiger partial charge is 0.272 e. The second kappa shape index (κ2) is 8.00. The minimum atomic E-state index is -2.52. The number of nitrogens with one attached hydrogen (secondary N) is 2. The van der Waals surface area contributed by atoms with Gasteiger partial charge in [-0.25, -0.2) is 13.8 Å². The SMILES string of the molecule is CNC(=O)c1cnc(C=Cc2ccc(OCC(F)F)cc2)[nH]c1=O. The van der Waals surface area contributed by atoms with Crippen molar-refractivity contribution in [1.29, 1.82) is 0 Å². The molecule has 8 heteroatoms. The molecule has 0 fully saturated rings. The summed E-state index contributed by atoms with van der Waals surface area (Å²) in [7, 11) is 1.42. The van der Waals surface area contributed by atoms with Crippen LogP contribution in [0.5, 0.6) is 5.75 Å². The zero-order chi connectivity index (χ0) is 17.5. The highest BCUT2D eigenvalue weighted by Gasteiger charge is 2.08. The number of hydrogen-bond donors (Lipinski definition) is 2. The third-order valence-corrected chi connectivity index (χ3v) is 2.98. The molecule has 1 aromatic heterocycles. The molecule has 0 aliphatic carbocycles. The third-order valence-electron chi connectivity index (χ3n) is 2.98. The quantitative estimate of drug-likeness (QED) is 0.845. The maximum atomic E-state index is 12.0. The van der Waals surface area contributed by atoms with E-state index in [-0.39, 0.29) is 11.4 Å². The third kappa shape index (κ3) is 4.73. The number of halogens is 2. The molecule has 0 bridgehead atoms. The average molecular weight is 335 g/mol. The number of nitrogens with zero attached hydrogens (tertiary/aromatic N) is 1. The van der Waals surface area contributed by atoms with E-state index in [9.17, 15) is 18.4 Å². The molecule has 0 saturated heterocycles. The molecule has 2 N–H and O–H groups in total. The van der Waals surface area contributed by atoms with Crippen LogP contribution in [0.4, 0.5) is 8.78 Å². The summed E-state index contributed by atoms with van der Waals surface area (Å²) < 4.78 is 29.0. The Bertz CT molecular complexity index is 786. The lowest BCUT2D eigenvalue weighted by molar-refractivity contribution is 0.0819. The Kier molecular flexibility index (Phi) is 5.78. The Morgan fingerprint density at radius 2 is 2.04 bits per heavy atom. The molecule has 0 atom stereocenters. The Morgan fingerprint density at radius 1 is 1.33 bits per heavy atom. The number of alkyl halides is 2. The highest BCUT2D eigenvalue weighted by atomic mass is 19.3. The molecular formula is C16H15F2N3O3. The Labute approximate surface area is 136 Å². The maximum absolute atomic E-state index is 12.0. The first-order valence-electron chi connectivity index (χ1n) is 7.00. The lowest BCUT2D eigenvalue weighted by Gasteiger charge is -2.05. The van der Waals surface area contributed by atoms with Gasteiger partial charge >= 0.3 is 0 Å². The van der Waals surface area contributed by atoms with Crippen LogP contribution in [0, 0.1) is 0 Å². The van der Waals surface area contributed by atoms with E-state index in [1.54, 1.807) is 36.4 Å². The van der Waals surface area contributed by atoms with Gasteiger partial charge in [0, 0.05) is 13.2 Å². The largest absolute Gasteiger partial charge is 0.488 e. The van der Waals surface area contributed by atoms with Gasteiger partial charge in [-0.05, 0) is 23.8 Å². The van der Waals surface area contributed by atoms with Crippen LogP contribution in [0.2, 0.25) is 0 Å². The summed E-state index contributed by atoms with van der Waals surface area (Å²) in [5, 5.41) is 2.35. The summed E-state index contributed by atoms with van der Waals surface area (Å²) >= 11 is 0. The lowest BCUT2D eigenvalue weighted by atomic mass is 10.2. The molecule has 126 valence electrons. The van der Waals surface area contributed by atoms with Crippen LogP contribution in [-0.4, -0.2) is 36.0 Å². The molecule has 0 unspecified atom stereocenters. The van der Waals surface area contributed by atoms with E-state index in [0.717, 1.165) is 5.56 Å². The Balaban J connectivity index is 2.06. The average Bonchev–Trinajstić information content (AvgIpc) is 2.58. The molecule has 1 heterocycles. The van der Waals surface area contributed by atoms with Gasteiger partial charge in [0.1, 0.15) is 23.7 Å². The van der Waals surface area contributed by atoms with E-state index >= 15 is 0 Å². The molecule has 0 saturated carbocycles. The van der Waals surface area contributed by atoms with Gasteiger partial charge in [0.2, 0.25) is 0 Å². The number of ether oxygens (including phenoxy) is 1. The molecule has 1 aromatic carbocycles. The molecule has 0 spiro atoms. The van der Waals surface area contributed by atoms with Crippen molar-refractivity contribution in [2.75, 3.05) is 13.7 Å². The summed E-state index contributed by atoms with van der Waals surface area (Å²) in [6.45, 7) is -0.655. The van der Waals surface area contributed by atoms with Gasteiger partial charge in [-0.3, -0.25) is 9.59 Å². The number of hydrogen-bond acceptors (Lipinski definition) is 4. The predicted molar refractivity (Wildman–Crippen MR) is 85.1 cm³/mol. The summed E-state index contributed by atoms with van der Waals surface area (Å²) in [4.78, 5) is 29.6. The fourth-order valence-corrected chi connectivity index (χ4v) is 1.80. The fraction of sp³-hybridized carbons (Fsp3) is 0.188. The van der Waals surface area contributed by atoms with Gasteiger partial charge < -0.3 is 15.0 Å². The van der Waals surface area contributed by atoms with Crippen molar-refractivity contribution in [3.8, 4) is 5.75 Å². The molecule has 6 nitrogen and oxygen atoms in total. The van der Waals surface area contributed by atoms with Crippen LogP contribution in [0.1, 0.15) is 21.7 Å². The highest BCUT2D eigenvalue weighted by Crippen LogP contribution is 2.14. The maximum Gasteiger partial charge on any atom is 0.272 e. The number of H-pyrrole nitrogens is 1. The van der Waals surface area contributed by atoms with Crippen molar-refractivity contribution in [2.24, 2.45) is 0 Å². The molecule has 2 rings (SSSR count). The molecular weight excluding hydrogens is 320 g/mol. The molecule has 24 heavy (non-hydrogen) atoms. The first kappa shape index (κ1) is 17.3. The normalized spacial score (nSPS) is 11.0.